The Hall–Kier alpha value is -1.64. The second-order valence-electron chi connectivity index (χ2n) is 5.19. The topological polar surface area (TPSA) is 75.4 Å². The molecule has 2 aliphatic rings. The van der Waals surface area contributed by atoms with Gasteiger partial charge in [-0.3, -0.25) is 0 Å². The molecule has 19 heavy (non-hydrogen) atoms. The van der Waals surface area contributed by atoms with Crippen LogP contribution in [0.5, 0.6) is 5.88 Å². The molecule has 100 valence electrons. The number of aliphatic hydroxyl groups excluding tert-OH is 1. The van der Waals surface area contributed by atoms with Crippen molar-refractivity contribution >= 4 is 0 Å². The van der Waals surface area contributed by atoms with E-state index in [9.17, 15) is 10.4 Å². The van der Waals surface area contributed by atoms with Crippen LogP contribution in [0.2, 0.25) is 0 Å². The summed E-state index contributed by atoms with van der Waals surface area (Å²) in [5.74, 6) is 0.439. The Morgan fingerprint density at radius 3 is 3.00 bits per heavy atom. The first-order valence-electron chi connectivity index (χ1n) is 6.45. The van der Waals surface area contributed by atoms with Crippen LogP contribution in [0.15, 0.2) is 18.2 Å². The molecule has 5 nitrogen and oxygen atoms in total. The quantitative estimate of drug-likeness (QED) is 0.893. The van der Waals surface area contributed by atoms with Crippen molar-refractivity contribution in [3.05, 3.63) is 23.9 Å². The molecular formula is C14H16N2O3. The number of methoxy groups -OCH3 is 1. The van der Waals surface area contributed by atoms with Gasteiger partial charge in [-0.2, -0.15) is 5.26 Å². The minimum Gasteiger partial charge on any atom is -0.481 e. The second kappa shape index (κ2) is 4.48. The molecule has 4 atom stereocenters. The number of fused-ring (bicyclic) bond motifs is 2. The Kier molecular flexibility index (Phi) is 2.92. The second-order valence-corrected chi connectivity index (χ2v) is 5.19. The van der Waals surface area contributed by atoms with Crippen LogP contribution in [0.4, 0.5) is 0 Å². The van der Waals surface area contributed by atoms with E-state index in [1.807, 2.05) is 0 Å². The predicted octanol–water partition coefficient (Wildman–Crippen LogP) is 1.58. The lowest BCUT2D eigenvalue weighted by Crippen LogP contribution is -2.37. The van der Waals surface area contributed by atoms with E-state index in [1.54, 1.807) is 18.2 Å². The van der Waals surface area contributed by atoms with Crippen molar-refractivity contribution in [3.63, 3.8) is 0 Å². The highest BCUT2D eigenvalue weighted by Crippen LogP contribution is 2.53. The SMILES string of the molecule is COc1cccc(C(O)C2(C#N)CC3CCC2O3)n1. The van der Waals surface area contributed by atoms with Crippen LogP contribution in [0.25, 0.3) is 0 Å². The number of rotatable bonds is 3. The molecule has 2 saturated heterocycles. The molecule has 5 heteroatoms. The minimum atomic E-state index is -0.942. The highest BCUT2D eigenvalue weighted by Gasteiger charge is 2.57. The summed E-state index contributed by atoms with van der Waals surface area (Å²) >= 11 is 0. The van der Waals surface area contributed by atoms with Crippen molar-refractivity contribution in [3.8, 4) is 11.9 Å². The normalized spacial score (nSPS) is 33.9. The highest BCUT2D eigenvalue weighted by atomic mass is 16.5. The number of pyridine rings is 1. The number of hydrogen-bond acceptors (Lipinski definition) is 5. The summed E-state index contributed by atoms with van der Waals surface area (Å²) in [4.78, 5) is 4.23. The molecule has 2 fully saturated rings. The first-order chi connectivity index (χ1) is 9.19. The van der Waals surface area contributed by atoms with Crippen LogP contribution in [0, 0.1) is 16.7 Å². The maximum atomic E-state index is 10.6. The molecule has 0 spiro atoms. The van der Waals surface area contributed by atoms with Crippen molar-refractivity contribution in [2.45, 2.75) is 37.6 Å². The molecule has 3 heterocycles. The van der Waals surface area contributed by atoms with Gasteiger partial charge in [0.25, 0.3) is 0 Å². The van der Waals surface area contributed by atoms with E-state index in [4.69, 9.17) is 9.47 Å². The Labute approximate surface area is 111 Å². The first-order valence-corrected chi connectivity index (χ1v) is 6.45. The number of nitrogens with zero attached hydrogens (tertiary/aromatic N) is 2. The van der Waals surface area contributed by atoms with Gasteiger partial charge in [0.05, 0.1) is 31.1 Å². The van der Waals surface area contributed by atoms with Crippen LogP contribution in [0.3, 0.4) is 0 Å². The van der Waals surface area contributed by atoms with E-state index >= 15 is 0 Å². The van der Waals surface area contributed by atoms with E-state index in [1.165, 1.54) is 7.11 Å². The molecule has 2 bridgehead atoms. The number of ether oxygens (including phenoxy) is 2. The Morgan fingerprint density at radius 1 is 1.58 bits per heavy atom. The summed E-state index contributed by atoms with van der Waals surface area (Å²) in [5.41, 5.74) is -0.403. The van der Waals surface area contributed by atoms with Crippen molar-refractivity contribution < 1.29 is 14.6 Å². The van der Waals surface area contributed by atoms with Crippen LogP contribution >= 0.6 is 0 Å². The van der Waals surface area contributed by atoms with Crippen LogP contribution in [-0.2, 0) is 4.74 Å². The zero-order valence-electron chi connectivity index (χ0n) is 10.7. The molecule has 0 amide bonds. The molecule has 1 N–H and O–H groups in total. The van der Waals surface area contributed by atoms with Gasteiger partial charge in [-0.15, -0.1) is 0 Å². The fraction of sp³-hybridized carbons (Fsp3) is 0.571. The molecule has 0 saturated carbocycles. The Bertz CT molecular complexity index is 528. The van der Waals surface area contributed by atoms with Crippen molar-refractivity contribution in [1.82, 2.24) is 4.98 Å². The smallest absolute Gasteiger partial charge is 0.213 e. The number of aliphatic hydroxyl groups is 1. The number of aromatic nitrogens is 1. The maximum Gasteiger partial charge on any atom is 0.213 e. The zero-order chi connectivity index (χ0) is 13.5. The van der Waals surface area contributed by atoms with E-state index < -0.39 is 11.5 Å². The fourth-order valence-corrected chi connectivity index (χ4v) is 3.17. The van der Waals surface area contributed by atoms with Gasteiger partial charge in [0, 0.05) is 6.07 Å². The molecule has 1 aromatic rings. The van der Waals surface area contributed by atoms with Gasteiger partial charge in [0.1, 0.15) is 11.5 Å². The summed E-state index contributed by atoms with van der Waals surface area (Å²) in [6.45, 7) is 0. The number of nitriles is 1. The summed E-state index contributed by atoms with van der Waals surface area (Å²) in [5, 5.41) is 20.1. The number of hydrogen-bond donors (Lipinski definition) is 1. The highest BCUT2D eigenvalue weighted by molar-refractivity contribution is 5.25. The monoisotopic (exact) mass is 260 g/mol. The molecule has 0 radical (unpaired) electrons. The van der Waals surface area contributed by atoms with E-state index in [0.717, 1.165) is 12.8 Å². The van der Waals surface area contributed by atoms with Gasteiger partial charge < -0.3 is 14.6 Å². The minimum absolute atomic E-state index is 0.102. The molecule has 0 aliphatic carbocycles. The maximum absolute atomic E-state index is 10.6. The summed E-state index contributed by atoms with van der Waals surface area (Å²) in [6.07, 6.45) is 1.36. The average Bonchev–Trinajstić information content (AvgIpc) is 3.07. The van der Waals surface area contributed by atoms with Gasteiger partial charge in [0.15, 0.2) is 0 Å². The lowest BCUT2D eigenvalue weighted by molar-refractivity contribution is 0.00101. The van der Waals surface area contributed by atoms with Gasteiger partial charge in [-0.25, -0.2) is 4.98 Å². The lowest BCUT2D eigenvalue weighted by atomic mass is 9.70. The van der Waals surface area contributed by atoms with Crippen molar-refractivity contribution in [1.29, 1.82) is 5.26 Å². The fourth-order valence-electron chi connectivity index (χ4n) is 3.17. The van der Waals surface area contributed by atoms with E-state index in [0.29, 0.717) is 18.0 Å². The third-order valence-corrected chi connectivity index (χ3v) is 4.18. The predicted molar refractivity (Wildman–Crippen MR) is 66.3 cm³/mol. The molecular weight excluding hydrogens is 244 g/mol. The Morgan fingerprint density at radius 2 is 2.42 bits per heavy atom. The zero-order valence-corrected chi connectivity index (χ0v) is 10.7. The van der Waals surface area contributed by atoms with E-state index in [-0.39, 0.29) is 12.2 Å². The van der Waals surface area contributed by atoms with Gasteiger partial charge in [0.2, 0.25) is 5.88 Å². The molecule has 1 aromatic heterocycles. The third kappa shape index (κ3) is 1.79. The largest absolute Gasteiger partial charge is 0.481 e. The first kappa shape index (κ1) is 12.4. The Balaban J connectivity index is 1.94. The van der Waals surface area contributed by atoms with Crippen LogP contribution in [0.1, 0.15) is 31.1 Å². The van der Waals surface area contributed by atoms with Gasteiger partial charge in [-0.05, 0) is 25.3 Å². The summed E-state index contributed by atoms with van der Waals surface area (Å²) in [7, 11) is 1.53. The molecule has 2 aliphatic heterocycles. The average molecular weight is 260 g/mol. The third-order valence-electron chi connectivity index (χ3n) is 4.18. The van der Waals surface area contributed by atoms with E-state index in [2.05, 4.69) is 11.1 Å². The summed E-state index contributed by atoms with van der Waals surface area (Å²) in [6, 6.07) is 7.49. The van der Waals surface area contributed by atoms with Crippen LogP contribution < -0.4 is 4.74 Å². The van der Waals surface area contributed by atoms with Crippen LogP contribution in [-0.4, -0.2) is 29.4 Å². The van der Waals surface area contributed by atoms with Crippen molar-refractivity contribution in [2.24, 2.45) is 5.41 Å². The van der Waals surface area contributed by atoms with Crippen molar-refractivity contribution in [2.75, 3.05) is 7.11 Å². The molecule has 0 aromatic carbocycles. The summed E-state index contributed by atoms with van der Waals surface area (Å²) < 4.78 is 10.8. The molecule has 3 rings (SSSR count). The molecule has 4 unspecified atom stereocenters. The van der Waals surface area contributed by atoms with Gasteiger partial charge >= 0.3 is 0 Å². The standard InChI is InChI=1S/C14H16N2O3/c1-18-12-4-2-3-10(16-12)13(17)14(8-15)7-9-5-6-11(14)19-9/h2-4,9,11,13,17H,5-7H2,1H3. The lowest BCUT2D eigenvalue weighted by Gasteiger charge is -2.32. The van der Waals surface area contributed by atoms with Gasteiger partial charge in [-0.1, -0.05) is 6.07 Å².